The van der Waals surface area contributed by atoms with Crippen LogP contribution in [-0.2, 0) is 16.1 Å². The second-order valence-electron chi connectivity index (χ2n) is 9.51. The summed E-state index contributed by atoms with van der Waals surface area (Å²) in [5.41, 5.74) is -0.466. The Morgan fingerprint density at radius 2 is 2.06 bits per heavy atom. The number of hydrogen-bond acceptors (Lipinski definition) is 5. The monoisotopic (exact) mass is 443 g/mol. The van der Waals surface area contributed by atoms with Crippen molar-refractivity contribution in [2.75, 3.05) is 0 Å². The number of aliphatic imine (C=N–C) groups is 1. The largest absolute Gasteiger partial charge is 0.464 e. The van der Waals surface area contributed by atoms with Crippen LogP contribution in [0.25, 0.3) is 11.3 Å². The van der Waals surface area contributed by atoms with Gasteiger partial charge in [0.25, 0.3) is 0 Å². The molecule has 1 aromatic carbocycles. The zero-order valence-corrected chi connectivity index (χ0v) is 19.4. The van der Waals surface area contributed by atoms with Crippen LogP contribution < -0.4 is 5.32 Å². The number of hydrogen-bond donors (Lipinski definition) is 1. The van der Waals surface area contributed by atoms with Crippen molar-refractivity contribution < 1.29 is 23.1 Å². The molecule has 32 heavy (non-hydrogen) atoms. The number of halogens is 1. The van der Waals surface area contributed by atoms with Gasteiger partial charge in [-0.1, -0.05) is 13.8 Å². The molecule has 0 bridgehead atoms. The van der Waals surface area contributed by atoms with Crippen molar-refractivity contribution >= 4 is 18.0 Å². The van der Waals surface area contributed by atoms with Crippen molar-refractivity contribution in [1.82, 2.24) is 10.2 Å². The molecule has 0 fully saturated rings. The first-order chi connectivity index (χ1) is 14.9. The lowest BCUT2D eigenvalue weighted by atomic mass is 9.84. The molecule has 172 valence electrons. The summed E-state index contributed by atoms with van der Waals surface area (Å²) in [5.74, 6) is -0.0473. The van der Waals surface area contributed by atoms with Gasteiger partial charge in [-0.25, -0.2) is 14.2 Å². The van der Waals surface area contributed by atoms with Gasteiger partial charge in [0.05, 0.1) is 24.8 Å². The minimum Gasteiger partial charge on any atom is -0.464 e. The molecule has 1 atom stereocenters. The van der Waals surface area contributed by atoms with E-state index in [1.165, 1.54) is 17.2 Å². The highest BCUT2D eigenvalue weighted by molar-refractivity contribution is 6.05. The van der Waals surface area contributed by atoms with E-state index in [0.717, 1.165) is 0 Å². The van der Waals surface area contributed by atoms with Crippen LogP contribution in [0, 0.1) is 11.7 Å². The van der Waals surface area contributed by atoms with E-state index >= 15 is 0 Å². The van der Waals surface area contributed by atoms with Crippen LogP contribution in [0.3, 0.4) is 0 Å². The Kier molecular flexibility index (Phi) is 6.44. The van der Waals surface area contributed by atoms with Crippen LogP contribution in [0.4, 0.5) is 9.18 Å². The molecule has 1 aromatic heterocycles. The third-order valence-electron chi connectivity index (χ3n) is 5.46. The maximum Gasteiger partial charge on any atom is 0.414 e. The fourth-order valence-electron chi connectivity index (χ4n) is 3.31. The van der Waals surface area contributed by atoms with Crippen molar-refractivity contribution in [2.24, 2.45) is 10.9 Å². The average molecular weight is 444 g/mol. The van der Waals surface area contributed by atoms with Gasteiger partial charge in [-0.15, -0.1) is 0 Å². The van der Waals surface area contributed by atoms with Gasteiger partial charge in [-0.05, 0) is 63.9 Å². The van der Waals surface area contributed by atoms with Crippen LogP contribution in [0.2, 0.25) is 0 Å². The van der Waals surface area contributed by atoms with Gasteiger partial charge in [0.15, 0.2) is 0 Å². The summed E-state index contributed by atoms with van der Waals surface area (Å²) in [6.45, 7) is 10.9. The Morgan fingerprint density at radius 1 is 1.34 bits per heavy atom. The second kappa shape index (κ2) is 8.76. The molecule has 1 aliphatic rings. The number of carbonyl (C=O) groups excluding carboxylic acids is 2. The van der Waals surface area contributed by atoms with Gasteiger partial charge in [0, 0.05) is 11.1 Å². The molecule has 0 aliphatic carbocycles. The van der Waals surface area contributed by atoms with Crippen LogP contribution in [0.1, 0.15) is 53.5 Å². The Bertz CT molecular complexity index is 1020. The minimum atomic E-state index is -0.730. The van der Waals surface area contributed by atoms with Crippen molar-refractivity contribution in [2.45, 2.75) is 65.6 Å². The molecule has 0 radical (unpaired) electrons. The van der Waals surface area contributed by atoms with Gasteiger partial charge in [0.2, 0.25) is 11.9 Å². The maximum atomic E-state index is 14.7. The molecule has 3 rings (SSSR count). The van der Waals surface area contributed by atoms with Gasteiger partial charge >= 0.3 is 6.09 Å². The molecule has 0 saturated carbocycles. The van der Waals surface area contributed by atoms with E-state index in [-0.39, 0.29) is 36.3 Å². The summed E-state index contributed by atoms with van der Waals surface area (Å²) in [5, 5.41) is 2.60. The number of rotatable bonds is 4. The highest BCUT2D eigenvalue weighted by atomic mass is 19.1. The molecule has 7 nitrogen and oxygen atoms in total. The van der Waals surface area contributed by atoms with Crippen LogP contribution in [-0.4, -0.2) is 34.0 Å². The van der Waals surface area contributed by atoms with E-state index in [1.807, 2.05) is 20.8 Å². The van der Waals surface area contributed by atoms with Gasteiger partial charge in [0.1, 0.15) is 17.2 Å². The molecule has 2 amide bonds. The number of benzene rings is 1. The Hall–Kier alpha value is -3.16. The first kappa shape index (κ1) is 23.5. The first-order valence-corrected chi connectivity index (χ1v) is 10.6. The van der Waals surface area contributed by atoms with E-state index < -0.39 is 23.1 Å². The second-order valence-corrected chi connectivity index (χ2v) is 9.51. The number of nitrogens with one attached hydrogen (secondary N) is 1. The number of guanidine groups is 1. The lowest BCUT2D eigenvalue weighted by Crippen LogP contribution is -2.55. The number of ether oxygens (including phenoxy) is 1. The van der Waals surface area contributed by atoms with E-state index in [0.29, 0.717) is 11.3 Å². The predicted octanol–water partition coefficient (Wildman–Crippen LogP) is 5.11. The Balaban J connectivity index is 1.95. The Morgan fingerprint density at radius 3 is 2.66 bits per heavy atom. The van der Waals surface area contributed by atoms with Crippen molar-refractivity contribution in [3.05, 3.63) is 48.0 Å². The third kappa shape index (κ3) is 5.36. The normalized spacial score (nSPS) is 19.2. The molecule has 2 aromatic rings. The first-order valence-electron chi connectivity index (χ1n) is 10.6. The average Bonchev–Trinajstić information content (AvgIpc) is 3.19. The fraction of sp³-hybridized carbons (Fsp3) is 0.458. The Labute approximate surface area is 187 Å². The van der Waals surface area contributed by atoms with Gasteiger partial charge in [-0.2, -0.15) is 0 Å². The summed E-state index contributed by atoms with van der Waals surface area (Å²) < 4.78 is 25.4. The quantitative estimate of drug-likeness (QED) is 0.711. The van der Waals surface area contributed by atoms with Gasteiger partial charge < -0.3 is 9.15 Å². The molecule has 1 N–H and O–H groups in total. The van der Waals surface area contributed by atoms with E-state index in [9.17, 15) is 14.0 Å². The third-order valence-corrected chi connectivity index (χ3v) is 5.46. The van der Waals surface area contributed by atoms with Crippen LogP contribution in [0.15, 0.2) is 46.0 Å². The summed E-state index contributed by atoms with van der Waals surface area (Å²) in [6, 6.07) is 8.09. The summed E-state index contributed by atoms with van der Waals surface area (Å²) in [7, 11) is 0. The minimum absolute atomic E-state index is 0.0445. The molecule has 8 heteroatoms. The molecule has 0 unspecified atom stereocenters. The van der Waals surface area contributed by atoms with Crippen LogP contribution >= 0.6 is 0 Å². The van der Waals surface area contributed by atoms with Crippen molar-refractivity contribution in [1.29, 1.82) is 0 Å². The van der Waals surface area contributed by atoms with E-state index in [2.05, 4.69) is 10.3 Å². The lowest BCUT2D eigenvalue weighted by Gasteiger charge is -2.38. The molecule has 0 saturated heterocycles. The maximum absolute atomic E-state index is 14.7. The number of alkyl carbamates (subject to hydrolysis) is 1. The van der Waals surface area contributed by atoms with Gasteiger partial charge in [-0.3, -0.25) is 15.0 Å². The standard InChI is InChI=1S/C24H30FN3O4/c1-15(2)24(6)13-20(29)28(21(27-24)26-22(30)32-23(3,4)5)14-17-12-16(9-10-18(17)25)19-8-7-11-31-19/h7-12,15H,13-14H2,1-6H3,(H,26,27,30)/t24-/m0/s1. The van der Waals surface area contributed by atoms with E-state index in [1.54, 1.807) is 45.0 Å². The molecule has 0 spiro atoms. The highest BCUT2D eigenvalue weighted by Gasteiger charge is 2.40. The SMILES string of the molecule is CC(C)[C@]1(C)CC(=O)N(Cc2cc(-c3ccco3)ccc2F)C(NC(=O)OC(C)(C)C)=N1. The number of furan rings is 1. The molecule has 2 heterocycles. The summed E-state index contributed by atoms with van der Waals surface area (Å²) >= 11 is 0. The van der Waals surface area contributed by atoms with Crippen molar-refractivity contribution in [3.63, 3.8) is 0 Å². The molecular weight excluding hydrogens is 413 g/mol. The number of carbonyl (C=O) groups is 2. The smallest absolute Gasteiger partial charge is 0.414 e. The van der Waals surface area contributed by atoms with Crippen molar-refractivity contribution in [3.8, 4) is 11.3 Å². The number of nitrogens with zero attached hydrogens (tertiary/aromatic N) is 2. The fourth-order valence-corrected chi connectivity index (χ4v) is 3.31. The number of amides is 2. The summed E-state index contributed by atoms with van der Waals surface area (Å²) in [4.78, 5) is 31.6. The summed E-state index contributed by atoms with van der Waals surface area (Å²) in [6.07, 6.45) is 0.949. The molecular formula is C24H30FN3O4. The molecule has 1 aliphatic heterocycles. The topological polar surface area (TPSA) is 84.1 Å². The highest BCUT2D eigenvalue weighted by Crippen LogP contribution is 2.31. The van der Waals surface area contributed by atoms with Crippen LogP contribution in [0.5, 0.6) is 0 Å². The van der Waals surface area contributed by atoms with E-state index in [4.69, 9.17) is 9.15 Å². The predicted molar refractivity (Wildman–Crippen MR) is 119 cm³/mol. The zero-order chi connectivity index (χ0) is 23.7. The lowest BCUT2D eigenvalue weighted by molar-refractivity contribution is -0.130. The zero-order valence-electron chi connectivity index (χ0n) is 19.4.